The molecule has 2 fully saturated rings. The van der Waals surface area contributed by atoms with Gasteiger partial charge in [0.1, 0.15) is 0 Å². The van der Waals surface area contributed by atoms with E-state index in [0.717, 1.165) is 49.7 Å². The lowest BCUT2D eigenvalue weighted by Gasteiger charge is -2.39. The SMILES string of the molecule is O=C(O)C1COCCN(C2CCN(c3ccc4c(c3)OCO4)CC2)C1. The quantitative estimate of drug-likeness (QED) is 0.886. The van der Waals surface area contributed by atoms with Gasteiger partial charge in [-0.3, -0.25) is 9.69 Å². The van der Waals surface area contributed by atoms with Crippen molar-refractivity contribution in [3.63, 3.8) is 0 Å². The van der Waals surface area contributed by atoms with Gasteiger partial charge in [0.05, 0.1) is 19.1 Å². The molecule has 25 heavy (non-hydrogen) atoms. The van der Waals surface area contributed by atoms with Crippen molar-refractivity contribution in [1.29, 1.82) is 0 Å². The third kappa shape index (κ3) is 3.52. The second kappa shape index (κ2) is 7.09. The van der Waals surface area contributed by atoms with E-state index in [9.17, 15) is 9.90 Å². The van der Waals surface area contributed by atoms with Crippen LogP contribution in [-0.4, -0.2) is 68.2 Å². The minimum absolute atomic E-state index is 0.294. The van der Waals surface area contributed by atoms with Crippen LogP contribution in [0.5, 0.6) is 11.5 Å². The third-order valence-corrected chi connectivity index (χ3v) is 5.35. The van der Waals surface area contributed by atoms with Crippen LogP contribution in [0.25, 0.3) is 0 Å². The fourth-order valence-corrected chi connectivity index (χ4v) is 3.89. The first-order valence-electron chi connectivity index (χ1n) is 8.90. The van der Waals surface area contributed by atoms with Crippen molar-refractivity contribution >= 4 is 11.7 Å². The summed E-state index contributed by atoms with van der Waals surface area (Å²) in [6.45, 7) is 4.55. The van der Waals surface area contributed by atoms with Crippen molar-refractivity contribution < 1.29 is 24.1 Å². The number of rotatable bonds is 3. The van der Waals surface area contributed by atoms with Crippen LogP contribution in [-0.2, 0) is 9.53 Å². The lowest BCUT2D eigenvalue weighted by molar-refractivity contribution is -0.143. The van der Waals surface area contributed by atoms with Gasteiger partial charge in [-0.25, -0.2) is 0 Å². The fraction of sp³-hybridized carbons (Fsp3) is 0.611. The molecule has 1 N–H and O–H groups in total. The van der Waals surface area contributed by atoms with Gasteiger partial charge in [-0.05, 0) is 25.0 Å². The van der Waals surface area contributed by atoms with Gasteiger partial charge in [-0.2, -0.15) is 0 Å². The Hall–Kier alpha value is -1.99. The van der Waals surface area contributed by atoms with Crippen LogP contribution in [0.3, 0.4) is 0 Å². The molecule has 0 spiro atoms. The van der Waals surface area contributed by atoms with Crippen molar-refractivity contribution in [2.45, 2.75) is 18.9 Å². The first-order chi connectivity index (χ1) is 12.2. The molecule has 3 aliphatic heterocycles. The molecule has 0 aromatic heterocycles. The summed E-state index contributed by atoms with van der Waals surface area (Å²) in [6, 6.07) is 6.51. The van der Waals surface area contributed by atoms with Crippen molar-refractivity contribution in [2.75, 3.05) is 51.1 Å². The van der Waals surface area contributed by atoms with Crippen LogP contribution in [0.1, 0.15) is 12.8 Å². The predicted molar refractivity (Wildman–Crippen MR) is 91.3 cm³/mol. The summed E-state index contributed by atoms with van der Waals surface area (Å²) in [4.78, 5) is 16.0. The lowest BCUT2D eigenvalue weighted by Crippen LogP contribution is -2.47. The van der Waals surface area contributed by atoms with Crippen molar-refractivity contribution in [3.05, 3.63) is 18.2 Å². The number of piperidine rings is 1. The molecule has 7 nitrogen and oxygen atoms in total. The molecule has 1 aromatic carbocycles. The first-order valence-corrected chi connectivity index (χ1v) is 8.90. The predicted octanol–water partition coefficient (Wildman–Crippen LogP) is 1.42. The van der Waals surface area contributed by atoms with Crippen molar-refractivity contribution in [2.24, 2.45) is 5.92 Å². The Balaban J connectivity index is 1.37. The molecule has 3 heterocycles. The molecule has 1 aromatic rings. The van der Waals surface area contributed by atoms with Crippen LogP contribution in [0.2, 0.25) is 0 Å². The van der Waals surface area contributed by atoms with Crippen molar-refractivity contribution in [3.8, 4) is 11.5 Å². The molecular weight excluding hydrogens is 324 g/mol. The minimum atomic E-state index is -0.760. The highest BCUT2D eigenvalue weighted by molar-refractivity contribution is 5.70. The molecule has 0 amide bonds. The number of nitrogens with zero attached hydrogens (tertiary/aromatic N) is 2. The van der Waals surface area contributed by atoms with E-state index in [-0.39, 0.29) is 0 Å². The molecule has 4 rings (SSSR count). The molecule has 1 unspecified atom stereocenters. The lowest BCUT2D eigenvalue weighted by atomic mass is 10.0. The van der Waals surface area contributed by atoms with Crippen molar-refractivity contribution in [1.82, 2.24) is 4.90 Å². The molecule has 136 valence electrons. The molecule has 0 radical (unpaired) electrons. The Labute approximate surface area is 147 Å². The van der Waals surface area contributed by atoms with E-state index in [4.69, 9.17) is 14.2 Å². The maximum Gasteiger partial charge on any atom is 0.310 e. The largest absolute Gasteiger partial charge is 0.481 e. The number of anilines is 1. The molecule has 7 heteroatoms. The maximum absolute atomic E-state index is 11.3. The van der Waals surface area contributed by atoms with Crippen LogP contribution in [0.4, 0.5) is 5.69 Å². The van der Waals surface area contributed by atoms with E-state index in [2.05, 4.69) is 15.9 Å². The maximum atomic E-state index is 11.3. The average Bonchev–Trinajstić information content (AvgIpc) is 2.96. The summed E-state index contributed by atoms with van der Waals surface area (Å²) >= 11 is 0. The molecule has 0 saturated carbocycles. The highest BCUT2D eigenvalue weighted by atomic mass is 16.7. The summed E-state index contributed by atoms with van der Waals surface area (Å²) in [5.74, 6) is 0.440. The van der Waals surface area contributed by atoms with E-state index >= 15 is 0 Å². The highest BCUT2D eigenvalue weighted by Gasteiger charge is 2.31. The van der Waals surface area contributed by atoms with Gasteiger partial charge in [-0.15, -0.1) is 0 Å². The van der Waals surface area contributed by atoms with Gasteiger partial charge in [0.15, 0.2) is 11.5 Å². The molecule has 0 bridgehead atoms. The third-order valence-electron chi connectivity index (χ3n) is 5.35. The van der Waals surface area contributed by atoms with Gasteiger partial charge in [0.25, 0.3) is 0 Å². The number of carboxylic acids is 1. The zero-order valence-corrected chi connectivity index (χ0v) is 14.2. The van der Waals surface area contributed by atoms with Gasteiger partial charge < -0.3 is 24.2 Å². The Morgan fingerprint density at radius 1 is 1.12 bits per heavy atom. The Bertz CT molecular complexity index is 630. The number of hydrogen-bond donors (Lipinski definition) is 1. The number of aliphatic carboxylic acids is 1. The standard InChI is InChI=1S/C18H24N2O5/c21-18(22)13-10-20(7-8-23-11-13)14-3-5-19(6-4-14)15-1-2-16-17(9-15)25-12-24-16/h1-2,9,13-14H,3-8,10-12H2,(H,21,22). The number of ether oxygens (including phenoxy) is 3. The van der Waals surface area contributed by atoms with Gasteiger partial charge in [0.2, 0.25) is 6.79 Å². The van der Waals surface area contributed by atoms with E-state index in [1.807, 2.05) is 12.1 Å². The van der Waals surface area contributed by atoms with E-state index in [1.165, 1.54) is 0 Å². The summed E-state index contributed by atoms with van der Waals surface area (Å²) in [5.41, 5.74) is 1.16. The van der Waals surface area contributed by atoms with E-state index < -0.39 is 11.9 Å². The van der Waals surface area contributed by atoms with Crippen LogP contribution in [0, 0.1) is 5.92 Å². The van der Waals surface area contributed by atoms with E-state index in [1.54, 1.807) is 0 Å². The number of hydrogen-bond acceptors (Lipinski definition) is 6. The monoisotopic (exact) mass is 348 g/mol. The Morgan fingerprint density at radius 2 is 1.92 bits per heavy atom. The average molecular weight is 348 g/mol. The second-order valence-corrected chi connectivity index (χ2v) is 6.86. The molecule has 3 aliphatic rings. The summed E-state index contributed by atoms with van der Waals surface area (Å²) in [6.07, 6.45) is 2.06. The van der Waals surface area contributed by atoms with Crippen LogP contribution in [0.15, 0.2) is 18.2 Å². The fourth-order valence-electron chi connectivity index (χ4n) is 3.89. The normalized spacial score (nSPS) is 25.0. The van der Waals surface area contributed by atoms with Crippen LogP contribution < -0.4 is 14.4 Å². The smallest absolute Gasteiger partial charge is 0.310 e. The zero-order chi connectivity index (χ0) is 17.2. The molecule has 0 aliphatic carbocycles. The van der Waals surface area contributed by atoms with E-state index in [0.29, 0.717) is 32.6 Å². The zero-order valence-electron chi connectivity index (χ0n) is 14.2. The van der Waals surface area contributed by atoms with Gasteiger partial charge >= 0.3 is 5.97 Å². The van der Waals surface area contributed by atoms with Gasteiger partial charge in [0, 0.05) is 44.0 Å². The summed E-state index contributed by atoms with van der Waals surface area (Å²) < 4.78 is 16.3. The number of benzene rings is 1. The number of carboxylic acid groups (broad SMARTS) is 1. The second-order valence-electron chi connectivity index (χ2n) is 6.86. The first kappa shape index (κ1) is 16.5. The summed E-state index contributed by atoms with van der Waals surface area (Å²) in [5, 5.41) is 9.31. The number of carbonyl (C=O) groups is 1. The summed E-state index contributed by atoms with van der Waals surface area (Å²) in [7, 11) is 0. The molecular formula is C18H24N2O5. The highest BCUT2D eigenvalue weighted by Crippen LogP contribution is 2.36. The Kier molecular flexibility index (Phi) is 4.67. The minimum Gasteiger partial charge on any atom is -0.481 e. The number of fused-ring (bicyclic) bond motifs is 1. The topological polar surface area (TPSA) is 71.5 Å². The van der Waals surface area contributed by atoms with Crippen LogP contribution >= 0.6 is 0 Å². The Morgan fingerprint density at radius 3 is 2.72 bits per heavy atom. The molecule has 1 atom stereocenters. The van der Waals surface area contributed by atoms with Gasteiger partial charge in [-0.1, -0.05) is 0 Å². The molecule has 2 saturated heterocycles.